The number of ether oxygens (including phenoxy) is 16. The normalized spacial score (nSPS) is 11.8. The van der Waals surface area contributed by atoms with E-state index in [2.05, 4.69) is 13.8 Å². The van der Waals surface area contributed by atoms with E-state index in [-0.39, 0.29) is 6.61 Å². The van der Waals surface area contributed by atoms with E-state index in [1.54, 1.807) is 0 Å². The molecule has 0 bridgehead atoms. The molecule has 0 saturated carbocycles. The van der Waals surface area contributed by atoms with Crippen LogP contribution in [0, 0.1) is 5.92 Å². The molecule has 17 heteroatoms. The fourth-order valence-corrected chi connectivity index (χ4v) is 6.17. The number of aliphatic hydroxyl groups is 1. The van der Waals surface area contributed by atoms with Gasteiger partial charge >= 0.3 is 0 Å². The van der Waals surface area contributed by atoms with E-state index in [1.807, 2.05) is 0 Å². The van der Waals surface area contributed by atoms with E-state index in [4.69, 9.17) is 80.9 Å². The highest BCUT2D eigenvalue weighted by Gasteiger charge is 2.00. The fourth-order valence-electron chi connectivity index (χ4n) is 6.17. The third-order valence-electron chi connectivity index (χ3n) is 9.89. The van der Waals surface area contributed by atoms with Gasteiger partial charge in [-0.2, -0.15) is 0 Å². The second kappa shape index (κ2) is 63.3. The van der Waals surface area contributed by atoms with Crippen LogP contribution in [0.1, 0.15) is 104 Å². The van der Waals surface area contributed by atoms with Crippen LogP contribution < -0.4 is 0 Å². The van der Waals surface area contributed by atoms with Crippen LogP contribution in [-0.2, 0) is 75.8 Å². The van der Waals surface area contributed by atoms with Gasteiger partial charge in [0.05, 0.1) is 211 Å². The van der Waals surface area contributed by atoms with Gasteiger partial charge in [-0.15, -0.1) is 0 Å². The van der Waals surface area contributed by atoms with Crippen molar-refractivity contribution in [2.75, 3.05) is 218 Å². The number of aliphatic hydroxyl groups excluding tert-OH is 1. The molecule has 0 unspecified atom stereocenters. The molecule has 17 nitrogen and oxygen atoms in total. The molecule has 67 heavy (non-hydrogen) atoms. The topological polar surface area (TPSA) is 168 Å². The van der Waals surface area contributed by atoms with Crippen LogP contribution in [0.2, 0.25) is 0 Å². The Labute approximate surface area is 407 Å². The molecular weight excluding hydrogens is 873 g/mol. The number of hydrogen-bond acceptors (Lipinski definition) is 17. The first kappa shape index (κ1) is 66.3. The summed E-state index contributed by atoms with van der Waals surface area (Å²) in [5, 5.41) is 8.61. The predicted molar refractivity (Wildman–Crippen MR) is 260 cm³/mol. The smallest absolute Gasteiger partial charge is 0.0701 e. The lowest BCUT2D eigenvalue weighted by Crippen LogP contribution is -2.16. The summed E-state index contributed by atoms with van der Waals surface area (Å²) in [4.78, 5) is 0. The van der Waals surface area contributed by atoms with Crippen LogP contribution in [-0.4, -0.2) is 223 Å². The van der Waals surface area contributed by atoms with E-state index in [9.17, 15) is 0 Å². The van der Waals surface area contributed by atoms with Gasteiger partial charge in [0.15, 0.2) is 0 Å². The van der Waals surface area contributed by atoms with Crippen LogP contribution in [0.3, 0.4) is 0 Å². The Morgan fingerprint density at radius 1 is 0.194 bits per heavy atom. The maximum atomic E-state index is 8.61. The van der Waals surface area contributed by atoms with Crippen molar-refractivity contribution in [3.63, 3.8) is 0 Å². The summed E-state index contributed by atoms with van der Waals surface area (Å²) < 4.78 is 87.8. The summed E-state index contributed by atoms with van der Waals surface area (Å²) in [5.74, 6) is 0.862. The molecule has 0 heterocycles. The first-order chi connectivity index (χ1) is 33.3. The summed E-state index contributed by atoms with van der Waals surface area (Å²) in [6.45, 7) is 21.3. The summed E-state index contributed by atoms with van der Waals surface area (Å²) in [5.41, 5.74) is 0. The summed E-state index contributed by atoms with van der Waals surface area (Å²) >= 11 is 0. The SMILES string of the molecule is CC(C)CCCCCCCCCCCCCCCOCCOCCOCCOCCOCCOCCOCCOCCOCCOCCOCCOCCOCCOCCOCCOCCO. The molecule has 0 aromatic heterocycles. The molecule has 0 radical (unpaired) electrons. The molecule has 0 spiro atoms. The molecule has 0 amide bonds. The largest absolute Gasteiger partial charge is 0.394 e. The van der Waals surface area contributed by atoms with Gasteiger partial charge < -0.3 is 80.9 Å². The molecule has 0 aromatic carbocycles. The monoisotopic (exact) mass is 975 g/mol. The lowest BCUT2D eigenvalue weighted by Gasteiger charge is -2.09. The minimum Gasteiger partial charge on any atom is -0.394 e. The lowest BCUT2D eigenvalue weighted by atomic mass is 10.0. The van der Waals surface area contributed by atoms with Gasteiger partial charge in [0.2, 0.25) is 0 Å². The number of rotatable bonds is 63. The van der Waals surface area contributed by atoms with Crippen LogP contribution >= 0.6 is 0 Å². The Balaban J connectivity index is 3.07. The van der Waals surface area contributed by atoms with Crippen molar-refractivity contribution in [2.24, 2.45) is 5.92 Å². The van der Waals surface area contributed by atoms with Crippen molar-refractivity contribution >= 4 is 0 Å². The van der Waals surface area contributed by atoms with Gasteiger partial charge in [0.25, 0.3) is 0 Å². The van der Waals surface area contributed by atoms with Crippen molar-refractivity contribution < 1.29 is 80.9 Å². The van der Waals surface area contributed by atoms with Crippen LogP contribution in [0.4, 0.5) is 0 Å². The summed E-state index contributed by atoms with van der Waals surface area (Å²) in [6, 6.07) is 0. The Bertz CT molecular complexity index is 851. The van der Waals surface area contributed by atoms with Crippen LogP contribution in [0.15, 0.2) is 0 Å². The number of hydrogen-bond donors (Lipinski definition) is 1. The van der Waals surface area contributed by atoms with Crippen LogP contribution in [0.5, 0.6) is 0 Å². The third kappa shape index (κ3) is 65.3. The highest BCUT2D eigenvalue weighted by atomic mass is 16.6. The first-order valence-corrected chi connectivity index (χ1v) is 26.1. The second-order valence-corrected chi connectivity index (χ2v) is 16.3. The first-order valence-electron chi connectivity index (χ1n) is 26.1. The van der Waals surface area contributed by atoms with Gasteiger partial charge in [-0.1, -0.05) is 97.3 Å². The lowest BCUT2D eigenvalue weighted by molar-refractivity contribution is -0.0305. The van der Waals surface area contributed by atoms with Crippen molar-refractivity contribution in [1.82, 2.24) is 0 Å². The van der Waals surface area contributed by atoms with Gasteiger partial charge in [-0.25, -0.2) is 0 Å². The number of unbranched alkanes of at least 4 members (excludes halogenated alkanes) is 12. The maximum Gasteiger partial charge on any atom is 0.0701 e. The Kier molecular flexibility index (Phi) is 62.7. The van der Waals surface area contributed by atoms with E-state index < -0.39 is 0 Å². The van der Waals surface area contributed by atoms with E-state index >= 15 is 0 Å². The molecule has 0 aliphatic rings. The molecule has 0 rings (SSSR count). The zero-order valence-corrected chi connectivity index (χ0v) is 42.8. The van der Waals surface area contributed by atoms with Crippen LogP contribution in [0.25, 0.3) is 0 Å². The molecule has 0 aliphatic carbocycles. The van der Waals surface area contributed by atoms with E-state index in [1.165, 1.54) is 83.5 Å². The molecule has 0 saturated heterocycles. The van der Waals surface area contributed by atoms with Gasteiger partial charge in [0, 0.05) is 6.61 Å². The maximum absolute atomic E-state index is 8.61. The molecule has 0 fully saturated rings. The second-order valence-electron chi connectivity index (χ2n) is 16.3. The van der Waals surface area contributed by atoms with Crippen molar-refractivity contribution in [1.29, 1.82) is 0 Å². The summed E-state index contributed by atoms with van der Waals surface area (Å²) in [7, 11) is 0. The van der Waals surface area contributed by atoms with E-state index in [0.717, 1.165) is 18.9 Å². The zero-order chi connectivity index (χ0) is 48.1. The summed E-state index contributed by atoms with van der Waals surface area (Å²) in [6.07, 6.45) is 19.3. The average Bonchev–Trinajstić information content (AvgIpc) is 3.33. The van der Waals surface area contributed by atoms with E-state index in [0.29, 0.717) is 205 Å². The fraction of sp³-hybridized carbons (Fsp3) is 1.00. The van der Waals surface area contributed by atoms with Gasteiger partial charge in [-0.3, -0.25) is 0 Å². The highest BCUT2D eigenvalue weighted by Crippen LogP contribution is 2.14. The Hall–Kier alpha value is -0.680. The minimum absolute atomic E-state index is 0.0227. The standard InChI is InChI=1S/C50H102O17/c1-50(2)16-14-12-10-8-6-4-3-5-7-9-11-13-15-18-52-20-22-54-24-26-56-28-30-58-32-34-60-36-38-62-40-42-64-44-46-66-48-49-67-47-45-65-43-41-63-39-37-61-35-33-59-31-29-57-27-25-55-23-21-53-19-17-51/h50-51H,3-49H2,1-2H3. The molecule has 0 aliphatic heterocycles. The predicted octanol–water partition coefficient (Wildman–Crippen LogP) is 6.36. The molecular formula is C50H102O17. The molecule has 0 atom stereocenters. The Morgan fingerprint density at radius 3 is 0.522 bits per heavy atom. The average molecular weight is 975 g/mol. The van der Waals surface area contributed by atoms with Crippen molar-refractivity contribution in [3.8, 4) is 0 Å². The zero-order valence-electron chi connectivity index (χ0n) is 42.8. The Morgan fingerprint density at radius 2 is 0.343 bits per heavy atom. The molecule has 1 N–H and O–H groups in total. The van der Waals surface area contributed by atoms with Gasteiger partial charge in [0.1, 0.15) is 0 Å². The third-order valence-corrected chi connectivity index (χ3v) is 9.89. The van der Waals surface area contributed by atoms with Crippen molar-refractivity contribution in [2.45, 2.75) is 104 Å². The molecule has 404 valence electrons. The van der Waals surface area contributed by atoms with Gasteiger partial charge in [-0.05, 0) is 12.3 Å². The molecule has 0 aromatic rings. The minimum atomic E-state index is 0.0227. The highest BCUT2D eigenvalue weighted by molar-refractivity contribution is 4.51. The quantitative estimate of drug-likeness (QED) is 0.0668. The van der Waals surface area contributed by atoms with Crippen molar-refractivity contribution in [3.05, 3.63) is 0 Å².